The summed E-state index contributed by atoms with van der Waals surface area (Å²) in [5, 5.41) is 20.2. The standard InChI is InChI=1S/C29H30O6S/c1-20-13-15-25(16-14-20)36(32,33)35-27-17-26(22(3)10-8-9-21(2)18-30)28(31)29(23(27)4)34-19-24-11-6-5-7-12-24/h5-8,11-17,30-31H,3,10,18-19H2,1-2,4H3. The molecule has 0 fully saturated rings. The molecule has 3 rings (SSSR count). The van der Waals surface area contributed by atoms with Crippen LogP contribution in [0.5, 0.6) is 17.2 Å². The molecule has 0 unspecified atom stereocenters. The Morgan fingerprint density at radius 3 is 2.39 bits per heavy atom. The van der Waals surface area contributed by atoms with E-state index in [9.17, 15) is 13.5 Å². The zero-order chi connectivity index (χ0) is 26.3. The summed E-state index contributed by atoms with van der Waals surface area (Å²) in [6, 6.07) is 17.2. The Labute approximate surface area is 212 Å². The van der Waals surface area contributed by atoms with E-state index in [4.69, 9.17) is 14.0 Å². The molecule has 0 aromatic heterocycles. The van der Waals surface area contributed by atoms with Crippen molar-refractivity contribution in [3.8, 4) is 17.2 Å². The molecule has 0 saturated heterocycles. The lowest BCUT2D eigenvalue weighted by molar-refractivity contribution is 0.285. The summed E-state index contributed by atoms with van der Waals surface area (Å²) in [7, 11) is -4.14. The van der Waals surface area contributed by atoms with Gasteiger partial charge in [0, 0.05) is 11.1 Å². The van der Waals surface area contributed by atoms with E-state index in [-0.39, 0.29) is 40.9 Å². The van der Waals surface area contributed by atoms with Crippen molar-refractivity contribution in [2.45, 2.75) is 38.7 Å². The lowest BCUT2D eigenvalue weighted by atomic mass is 10.00. The number of allylic oxidation sites excluding steroid dienone is 1. The number of aromatic hydroxyl groups is 1. The second-order valence-corrected chi connectivity index (χ2v) is 9.99. The number of hydrogen-bond acceptors (Lipinski definition) is 6. The fraction of sp³-hybridized carbons (Fsp3) is 0.207. The number of ether oxygens (including phenoxy) is 1. The maximum absolute atomic E-state index is 13.0. The highest BCUT2D eigenvalue weighted by Crippen LogP contribution is 2.44. The third kappa shape index (κ3) is 6.67. The minimum Gasteiger partial charge on any atom is -0.504 e. The number of aliphatic hydroxyl groups is 1. The largest absolute Gasteiger partial charge is 0.504 e. The quantitative estimate of drug-likeness (QED) is 0.265. The van der Waals surface area contributed by atoms with Crippen LogP contribution in [-0.2, 0) is 16.7 Å². The van der Waals surface area contributed by atoms with Crippen LogP contribution < -0.4 is 8.92 Å². The molecule has 0 saturated carbocycles. The topological polar surface area (TPSA) is 93.1 Å². The third-order valence-corrected chi connectivity index (χ3v) is 6.75. The van der Waals surface area contributed by atoms with Crippen LogP contribution in [0.1, 0.15) is 35.6 Å². The predicted molar refractivity (Wildman–Crippen MR) is 141 cm³/mol. The van der Waals surface area contributed by atoms with E-state index < -0.39 is 10.1 Å². The Morgan fingerprint density at radius 2 is 1.75 bits per heavy atom. The van der Waals surface area contributed by atoms with Crippen LogP contribution in [-0.4, -0.2) is 25.2 Å². The molecule has 36 heavy (non-hydrogen) atoms. The van der Waals surface area contributed by atoms with Crippen molar-refractivity contribution in [2.24, 2.45) is 0 Å². The first-order chi connectivity index (χ1) is 17.1. The third-order valence-electron chi connectivity index (χ3n) is 5.51. The van der Waals surface area contributed by atoms with Gasteiger partial charge in [-0.1, -0.05) is 54.6 Å². The Morgan fingerprint density at radius 1 is 1.08 bits per heavy atom. The molecule has 3 aromatic carbocycles. The van der Waals surface area contributed by atoms with Crippen molar-refractivity contribution >= 4 is 15.7 Å². The van der Waals surface area contributed by atoms with Crippen molar-refractivity contribution in [3.05, 3.63) is 107 Å². The molecule has 0 atom stereocenters. The zero-order valence-corrected chi connectivity index (χ0v) is 21.4. The Bertz CT molecular complexity index is 1400. The van der Waals surface area contributed by atoms with Crippen LogP contribution in [0, 0.1) is 13.8 Å². The summed E-state index contributed by atoms with van der Waals surface area (Å²) in [6.45, 7) is 9.30. The summed E-state index contributed by atoms with van der Waals surface area (Å²) in [6.07, 6.45) is 1.98. The van der Waals surface area contributed by atoms with Gasteiger partial charge in [-0.25, -0.2) is 0 Å². The van der Waals surface area contributed by atoms with Crippen LogP contribution in [0.15, 0.2) is 89.5 Å². The normalized spacial score (nSPS) is 10.9. The van der Waals surface area contributed by atoms with E-state index in [2.05, 4.69) is 12.3 Å². The van der Waals surface area contributed by atoms with Gasteiger partial charge in [0.25, 0.3) is 0 Å². The Hall–Kier alpha value is -3.77. The molecule has 0 aliphatic rings. The van der Waals surface area contributed by atoms with Crippen LogP contribution in [0.2, 0.25) is 0 Å². The molecule has 2 N–H and O–H groups in total. The van der Waals surface area contributed by atoms with Gasteiger partial charge in [0.05, 0.1) is 6.61 Å². The second-order valence-electron chi connectivity index (χ2n) is 8.44. The molecule has 188 valence electrons. The zero-order valence-electron chi connectivity index (χ0n) is 20.6. The maximum atomic E-state index is 13.0. The highest BCUT2D eigenvalue weighted by molar-refractivity contribution is 7.87. The SMILES string of the molecule is C=C(CC=C=C(C)CO)c1cc(OS(=O)(=O)c2ccc(C)cc2)c(C)c(OCc2ccccc2)c1O. The summed E-state index contributed by atoms with van der Waals surface area (Å²) in [5.41, 5.74) is 6.51. The molecular formula is C29H30O6S. The van der Waals surface area contributed by atoms with Gasteiger partial charge in [0.2, 0.25) is 0 Å². The number of benzene rings is 3. The number of phenolic OH excluding ortho intramolecular Hbond substituents is 1. The van der Waals surface area contributed by atoms with Gasteiger partial charge in [-0.2, -0.15) is 8.42 Å². The first-order valence-electron chi connectivity index (χ1n) is 11.4. The monoisotopic (exact) mass is 506 g/mol. The van der Waals surface area contributed by atoms with Gasteiger partial charge >= 0.3 is 10.1 Å². The molecule has 0 amide bonds. The molecule has 7 heteroatoms. The second kappa shape index (κ2) is 11.8. The highest BCUT2D eigenvalue weighted by Gasteiger charge is 2.24. The van der Waals surface area contributed by atoms with E-state index in [1.807, 2.05) is 37.3 Å². The Balaban J connectivity index is 2.03. The van der Waals surface area contributed by atoms with Crippen molar-refractivity contribution in [1.29, 1.82) is 0 Å². The van der Waals surface area contributed by atoms with Crippen molar-refractivity contribution in [2.75, 3.05) is 6.61 Å². The lowest BCUT2D eigenvalue weighted by Crippen LogP contribution is -2.11. The minimum absolute atomic E-state index is 0.0141. The summed E-state index contributed by atoms with van der Waals surface area (Å²) < 4.78 is 37.5. The molecular weight excluding hydrogens is 476 g/mol. The number of phenols is 1. The van der Waals surface area contributed by atoms with E-state index >= 15 is 0 Å². The number of rotatable bonds is 10. The average Bonchev–Trinajstić information content (AvgIpc) is 2.86. The van der Waals surface area contributed by atoms with Gasteiger partial charge in [0.1, 0.15) is 17.3 Å². The van der Waals surface area contributed by atoms with Gasteiger partial charge in [-0.3, -0.25) is 0 Å². The van der Waals surface area contributed by atoms with Gasteiger partial charge in [-0.15, -0.1) is 5.73 Å². The summed E-state index contributed by atoms with van der Waals surface area (Å²) >= 11 is 0. The summed E-state index contributed by atoms with van der Waals surface area (Å²) in [4.78, 5) is 0.0141. The van der Waals surface area contributed by atoms with Crippen LogP contribution in [0.3, 0.4) is 0 Å². The molecule has 6 nitrogen and oxygen atoms in total. The minimum atomic E-state index is -4.14. The molecule has 0 aliphatic heterocycles. The van der Waals surface area contributed by atoms with E-state index in [0.29, 0.717) is 23.1 Å². The molecule has 0 spiro atoms. The molecule has 0 aliphatic carbocycles. The van der Waals surface area contributed by atoms with Crippen molar-refractivity contribution in [3.63, 3.8) is 0 Å². The smallest absolute Gasteiger partial charge is 0.339 e. The van der Waals surface area contributed by atoms with Crippen molar-refractivity contribution in [1.82, 2.24) is 0 Å². The van der Waals surface area contributed by atoms with Crippen LogP contribution in [0.4, 0.5) is 0 Å². The van der Waals surface area contributed by atoms with E-state index in [1.165, 1.54) is 18.2 Å². The van der Waals surface area contributed by atoms with Gasteiger partial charge in [-0.05, 0) is 68.2 Å². The average molecular weight is 507 g/mol. The molecule has 0 radical (unpaired) electrons. The highest BCUT2D eigenvalue weighted by atomic mass is 32.2. The van der Waals surface area contributed by atoms with E-state index in [0.717, 1.165) is 11.1 Å². The molecule has 0 bridgehead atoms. The maximum Gasteiger partial charge on any atom is 0.339 e. The Kier molecular flexibility index (Phi) is 8.78. The fourth-order valence-electron chi connectivity index (χ4n) is 3.36. The van der Waals surface area contributed by atoms with Crippen LogP contribution in [0.25, 0.3) is 5.57 Å². The van der Waals surface area contributed by atoms with Crippen molar-refractivity contribution < 1.29 is 27.6 Å². The van der Waals surface area contributed by atoms with E-state index in [1.54, 1.807) is 32.1 Å². The van der Waals surface area contributed by atoms with Gasteiger partial charge in [0.15, 0.2) is 11.5 Å². The fourth-order valence-corrected chi connectivity index (χ4v) is 4.33. The number of aliphatic hydroxyl groups excluding tert-OH is 1. The molecule has 0 heterocycles. The summed E-state index contributed by atoms with van der Waals surface area (Å²) in [5.74, 6) is -0.0268. The first-order valence-corrected chi connectivity index (χ1v) is 12.8. The first kappa shape index (κ1) is 26.8. The van der Waals surface area contributed by atoms with Crippen LogP contribution >= 0.6 is 0 Å². The number of aryl methyl sites for hydroxylation is 1. The number of hydrogen-bond donors (Lipinski definition) is 2. The molecule has 3 aromatic rings. The van der Waals surface area contributed by atoms with Gasteiger partial charge < -0.3 is 19.1 Å². The lowest BCUT2D eigenvalue weighted by Gasteiger charge is -2.19. The predicted octanol–water partition coefficient (Wildman–Crippen LogP) is 5.85.